The molecule has 0 unspecified atom stereocenters. The number of halogens is 1. The van der Waals surface area contributed by atoms with E-state index in [9.17, 15) is 4.39 Å². The standard InChI is InChI=1S/C18H25FN6/c1-23-16(13-24-9-2-3-10-24)21-22-17(23)14-6-5-11-25(12-14)18-15(19)7-4-8-20-18/h4,7-8,14H,2-3,5-6,9-13H2,1H3/t14-/m1/s1. The maximum Gasteiger partial charge on any atom is 0.165 e. The fourth-order valence-corrected chi connectivity index (χ4v) is 4.00. The summed E-state index contributed by atoms with van der Waals surface area (Å²) in [5.41, 5.74) is 0. The quantitative estimate of drug-likeness (QED) is 0.852. The topological polar surface area (TPSA) is 50.1 Å². The number of aromatic nitrogens is 4. The minimum Gasteiger partial charge on any atom is -0.353 e. The predicted molar refractivity (Wildman–Crippen MR) is 93.9 cm³/mol. The number of anilines is 1. The molecule has 0 spiro atoms. The Morgan fingerprint density at radius 1 is 1.16 bits per heavy atom. The first kappa shape index (κ1) is 16.4. The van der Waals surface area contributed by atoms with Crippen molar-refractivity contribution >= 4 is 5.82 Å². The van der Waals surface area contributed by atoms with Crippen LogP contribution in [0, 0.1) is 5.82 Å². The molecule has 134 valence electrons. The molecule has 0 amide bonds. The Balaban J connectivity index is 1.50. The maximum absolute atomic E-state index is 14.1. The summed E-state index contributed by atoms with van der Waals surface area (Å²) in [7, 11) is 2.06. The van der Waals surface area contributed by atoms with Crippen molar-refractivity contribution in [3.8, 4) is 0 Å². The predicted octanol–water partition coefficient (Wildman–Crippen LogP) is 2.33. The first-order valence-electron chi connectivity index (χ1n) is 9.18. The lowest BCUT2D eigenvalue weighted by atomic mass is 9.97. The van der Waals surface area contributed by atoms with Crippen molar-refractivity contribution in [1.29, 1.82) is 0 Å². The van der Waals surface area contributed by atoms with Crippen LogP contribution in [0.2, 0.25) is 0 Å². The van der Waals surface area contributed by atoms with Gasteiger partial charge < -0.3 is 9.47 Å². The van der Waals surface area contributed by atoms with E-state index in [1.165, 1.54) is 18.9 Å². The van der Waals surface area contributed by atoms with Crippen molar-refractivity contribution in [1.82, 2.24) is 24.6 Å². The SMILES string of the molecule is Cn1c(CN2CCCC2)nnc1[C@@H]1CCCN(c2ncccc2F)C1. The second kappa shape index (κ2) is 7.07. The zero-order valence-corrected chi connectivity index (χ0v) is 14.7. The zero-order chi connectivity index (χ0) is 17.2. The lowest BCUT2D eigenvalue weighted by Gasteiger charge is -2.33. The molecule has 2 aliphatic heterocycles. The molecule has 2 aromatic rings. The minimum absolute atomic E-state index is 0.254. The first-order valence-corrected chi connectivity index (χ1v) is 9.18. The molecule has 4 rings (SSSR count). The van der Waals surface area contributed by atoms with Crippen LogP contribution in [0.5, 0.6) is 0 Å². The molecular weight excluding hydrogens is 319 g/mol. The molecule has 0 radical (unpaired) electrons. The second-order valence-corrected chi connectivity index (χ2v) is 7.11. The van der Waals surface area contributed by atoms with Crippen molar-refractivity contribution < 1.29 is 4.39 Å². The van der Waals surface area contributed by atoms with Crippen LogP contribution in [0.1, 0.15) is 43.3 Å². The molecule has 2 fully saturated rings. The Bertz CT molecular complexity index is 724. The van der Waals surface area contributed by atoms with E-state index >= 15 is 0 Å². The largest absolute Gasteiger partial charge is 0.353 e. The number of hydrogen-bond donors (Lipinski definition) is 0. The number of hydrogen-bond acceptors (Lipinski definition) is 5. The smallest absolute Gasteiger partial charge is 0.165 e. The molecule has 6 nitrogen and oxygen atoms in total. The molecule has 0 aromatic carbocycles. The van der Waals surface area contributed by atoms with Gasteiger partial charge in [0.25, 0.3) is 0 Å². The van der Waals surface area contributed by atoms with Crippen LogP contribution in [0.15, 0.2) is 18.3 Å². The molecule has 0 aliphatic carbocycles. The highest BCUT2D eigenvalue weighted by atomic mass is 19.1. The van der Waals surface area contributed by atoms with Crippen LogP contribution < -0.4 is 4.90 Å². The van der Waals surface area contributed by atoms with Crippen LogP contribution in [-0.4, -0.2) is 50.8 Å². The summed E-state index contributed by atoms with van der Waals surface area (Å²) in [6.07, 6.45) is 6.27. The lowest BCUT2D eigenvalue weighted by Crippen LogP contribution is -2.36. The van der Waals surface area contributed by atoms with E-state index in [4.69, 9.17) is 0 Å². The van der Waals surface area contributed by atoms with Crippen molar-refractivity contribution in [3.63, 3.8) is 0 Å². The summed E-state index contributed by atoms with van der Waals surface area (Å²) in [4.78, 5) is 8.70. The van der Waals surface area contributed by atoms with Crippen molar-refractivity contribution in [2.45, 2.75) is 38.1 Å². The highest BCUT2D eigenvalue weighted by molar-refractivity contribution is 5.40. The van der Waals surface area contributed by atoms with Gasteiger partial charge in [-0.2, -0.15) is 0 Å². The number of rotatable bonds is 4. The average molecular weight is 344 g/mol. The molecule has 0 bridgehead atoms. The van der Waals surface area contributed by atoms with Crippen LogP contribution in [0.25, 0.3) is 0 Å². The molecule has 4 heterocycles. The van der Waals surface area contributed by atoms with E-state index in [2.05, 4.69) is 31.7 Å². The van der Waals surface area contributed by atoms with Crippen molar-refractivity contribution in [2.24, 2.45) is 7.05 Å². The molecule has 0 N–H and O–H groups in total. The molecule has 2 saturated heterocycles. The van der Waals surface area contributed by atoms with E-state index in [1.54, 1.807) is 12.3 Å². The summed E-state index contributed by atoms with van der Waals surface area (Å²) >= 11 is 0. The number of nitrogens with zero attached hydrogens (tertiary/aromatic N) is 6. The van der Waals surface area contributed by atoms with E-state index in [-0.39, 0.29) is 11.7 Å². The molecular formula is C18H25FN6. The average Bonchev–Trinajstić information content (AvgIpc) is 3.27. The van der Waals surface area contributed by atoms with Gasteiger partial charge in [0.15, 0.2) is 11.6 Å². The zero-order valence-electron chi connectivity index (χ0n) is 14.7. The fourth-order valence-electron chi connectivity index (χ4n) is 4.00. The Labute approximate surface area is 147 Å². The molecule has 2 aromatic heterocycles. The number of pyridine rings is 1. The summed E-state index contributed by atoms with van der Waals surface area (Å²) in [6.45, 7) is 4.75. The van der Waals surface area contributed by atoms with E-state index in [1.807, 2.05) is 4.90 Å². The highest BCUT2D eigenvalue weighted by Crippen LogP contribution is 2.29. The summed E-state index contributed by atoms with van der Waals surface area (Å²) in [5, 5.41) is 8.91. The summed E-state index contributed by atoms with van der Waals surface area (Å²) < 4.78 is 16.2. The molecule has 0 saturated carbocycles. The van der Waals surface area contributed by atoms with Crippen LogP contribution >= 0.6 is 0 Å². The first-order chi connectivity index (χ1) is 12.2. The fraction of sp³-hybridized carbons (Fsp3) is 0.611. The van der Waals surface area contributed by atoms with Gasteiger partial charge in [-0.15, -0.1) is 10.2 Å². The Kier molecular flexibility index (Phi) is 4.65. The lowest BCUT2D eigenvalue weighted by molar-refractivity contribution is 0.317. The van der Waals surface area contributed by atoms with Crippen molar-refractivity contribution in [3.05, 3.63) is 35.8 Å². The van der Waals surface area contributed by atoms with E-state index in [0.29, 0.717) is 5.82 Å². The summed E-state index contributed by atoms with van der Waals surface area (Å²) in [6, 6.07) is 3.11. The van der Waals surface area contributed by atoms with Gasteiger partial charge in [-0.25, -0.2) is 9.37 Å². The monoisotopic (exact) mass is 344 g/mol. The Hall–Kier alpha value is -2.02. The molecule has 1 atom stereocenters. The third-order valence-corrected chi connectivity index (χ3v) is 5.39. The highest BCUT2D eigenvalue weighted by Gasteiger charge is 2.28. The number of piperidine rings is 1. The minimum atomic E-state index is -0.254. The van der Waals surface area contributed by atoms with Gasteiger partial charge in [-0.1, -0.05) is 0 Å². The van der Waals surface area contributed by atoms with Crippen molar-refractivity contribution in [2.75, 3.05) is 31.1 Å². The van der Waals surface area contributed by atoms with Gasteiger partial charge in [0, 0.05) is 32.3 Å². The number of likely N-dealkylation sites (tertiary alicyclic amines) is 1. The van der Waals surface area contributed by atoms with E-state index < -0.39 is 0 Å². The Morgan fingerprint density at radius 3 is 2.80 bits per heavy atom. The molecule has 2 aliphatic rings. The van der Waals surface area contributed by atoms with Gasteiger partial charge in [-0.05, 0) is 50.9 Å². The van der Waals surface area contributed by atoms with Gasteiger partial charge in [0.05, 0.1) is 6.54 Å². The van der Waals surface area contributed by atoms with Gasteiger partial charge in [0.2, 0.25) is 0 Å². The van der Waals surface area contributed by atoms with Gasteiger partial charge in [-0.3, -0.25) is 4.90 Å². The summed E-state index contributed by atoms with van der Waals surface area (Å²) in [5.74, 6) is 2.50. The van der Waals surface area contributed by atoms with Crippen LogP contribution in [0.4, 0.5) is 10.2 Å². The molecule has 25 heavy (non-hydrogen) atoms. The van der Waals surface area contributed by atoms with Crippen LogP contribution in [0.3, 0.4) is 0 Å². The second-order valence-electron chi connectivity index (χ2n) is 7.11. The van der Waals surface area contributed by atoms with Gasteiger partial charge >= 0.3 is 0 Å². The molecule has 7 heteroatoms. The third-order valence-electron chi connectivity index (χ3n) is 5.39. The Morgan fingerprint density at radius 2 is 2.00 bits per heavy atom. The van der Waals surface area contributed by atoms with E-state index in [0.717, 1.165) is 57.2 Å². The third kappa shape index (κ3) is 3.38. The van der Waals surface area contributed by atoms with Crippen LogP contribution in [-0.2, 0) is 13.6 Å². The van der Waals surface area contributed by atoms with Gasteiger partial charge in [0.1, 0.15) is 11.6 Å². The maximum atomic E-state index is 14.1. The normalized spacial score (nSPS) is 21.8.